The molecule has 1 rings (SSSR count). The number of nitrogens with two attached hydrogens (primary N) is 1. The molecule has 7 N–H and O–H groups in total. The van der Waals surface area contributed by atoms with Crippen LogP contribution >= 0.6 is 24.4 Å². The number of nitrogens with zero attached hydrogens (tertiary/aromatic N) is 1. The van der Waals surface area contributed by atoms with E-state index in [1.807, 2.05) is 6.26 Å². The summed E-state index contributed by atoms with van der Waals surface area (Å²) in [4.78, 5) is 55.1. The number of carbonyl (C=O) groups excluding carboxylic acids is 3. The van der Waals surface area contributed by atoms with Crippen molar-refractivity contribution in [2.45, 2.75) is 43.9 Å². The molecule has 4 atom stereocenters. The fourth-order valence-electron chi connectivity index (χ4n) is 2.34. The lowest BCUT2D eigenvalue weighted by Crippen LogP contribution is -2.57. The number of imidazole rings is 1. The second-order valence-corrected chi connectivity index (χ2v) is 7.89. The molecule has 4 unspecified atom stereocenters. The monoisotopic (exact) mass is 460 g/mol. The standard InChI is InChI=1S/C17H28N6O5S2/c1-9(14(24)23-13(7-29)17(27)28)21-16(26)12(5-10-6-19-8-20-10)22-15(25)11(18)3-4-30-2/h6,8-9,11-13,29H,3-5,7,18H2,1-2H3,(H,19,20)(H,21,26)(H,22,25)(H,23,24)(H,27,28). The van der Waals surface area contributed by atoms with Gasteiger partial charge in [-0.15, -0.1) is 0 Å². The minimum Gasteiger partial charge on any atom is -0.480 e. The van der Waals surface area contributed by atoms with Crippen molar-refractivity contribution in [1.29, 1.82) is 0 Å². The van der Waals surface area contributed by atoms with Gasteiger partial charge in [0, 0.05) is 24.1 Å². The second kappa shape index (κ2) is 13.1. The molecule has 1 aromatic heterocycles. The summed E-state index contributed by atoms with van der Waals surface area (Å²) in [5, 5.41) is 16.4. The molecule has 0 fully saturated rings. The van der Waals surface area contributed by atoms with Crippen LogP contribution in [0.5, 0.6) is 0 Å². The third-order valence-electron chi connectivity index (χ3n) is 4.13. The number of aromatic nitrogens is 2. The number of thiol groups is 1. The van der Waals surface area contributed by atoms with Crippen LogP contribution < -0.4 is 21.7 Å². The highest BCUT2D eigenvalue weighted by Crippen LogP contribution is 2.03. The Balaban J connectivity index is 2.79. The highest BCUT2D eigenvalue weighted by atomic mass is 32.2. The lowest BCUT2D eigenvalue weighted by Gasteiger charge is -2.23. The lowest BCUT2D eigenvalue weighted by molar-refractivity contribution is -0.141. The van der Waals surface area contributed by atoms with Crippen LogP contribution in [0.4, 0.5) is 0 Å². The second-order valence-electron chi connectivity index (χ2n) is 6.54. The van der Waals surface area contributed by atoms with E-state index in [0.717, 1.165) is 0 Å². The van der Waals surface area contributed by atoms with Gasteiger partial charge in [-0.2, -0.15) is 24.4 Å². The fourth-order valence-corrected chi connectivity index (χ4v) is 3.08. The number of thioether (sulfide) groups is 1. The first-order valence-corrected chi connectivity index (χ1v) is 11.2. The van der Waals surface area contributed by atoms with E-state index in [-0.39, 0.29) is 12.2 Å². The lowest BCUT2D eigenvalue weighted by atomic mass is 10.1. The Labute approximate surface area is 184 Å². The Morgan fingerprint density at radius 3 is 2.40 bits per heavy atom. The van der Waals surface area contributed by atoms with Crippen LogP contribution in [0.2, 0.25) is 0 Å². The fraction of sp³-hybridized carbons (Fsp3) is 0.588. The molecule has 0 spiro atoms. The summed E-state index contributed by atoms with van der Waals surface area (Å²) in [5.74, 6) is -2.43. The molecule has 0 radical (unpaired) electrons. The number of hydrogen-bond donors (Lipinski definition) is 7. The molecule has 1 heterocycles. The van der Waals surface area contributed by atoms with Gasteiger partial charge in [0.2, 0.25) is 17.7 Å². The summed E-state index contributed by atoms with van der Waals surface area (Å²) in [5.41, 5.74) is 6.47. The van der Waals surface area contributed by atoms with Gasteiger partial charge in [-0.05, 0) is 25.4 Å². The predicted molar refractivity (Wildman–Crippen MR) is 116 cm³/mol. The van der Waals surface area contributed by atoms with Crippen molar-refractivity contribution in [3.05, 3.63) is 18.2 Å². The first-order valence-electron chi connectivity index (χ1n) is 9.16. The number of nitrogens with one attached hydrogen (secondary N) is 4. The van der Waals surface area contributed by atoms with Gasteiger partial charge in [-0.25, -0.2) is 9.78 Å². The molecule has 0 aliphatic carbocycles. The quantitative estimate of drug-likeness (QED) is 0.174. The Kier molecular flexibility index (Phi) is 11.3. The van der Waals surface area contributed by atoms with Crippen molar-refractivity contribution < 1.29 is 24.3 Å². The van der Waals surface area contributed by atoms with E-state index in [1.165, 1.54) is 19.4 Å². The van der Waals surface area contributed by atoms with Crippen LogP contribution in [0.15, 0.2) is 12.5 Å². The molecule has 13 heteroatoms. The number of carboxylic acids is 1. The molecule has 0 aromatic carbocycles. The minimum absolute atomic E-state index is 0.103. The van der Waals surface area contributed by atoms with Gasteiger partial charge in [0.05, 0.1) is 12.4 Å². The SMILES string of the molecule is CSCCC(N)C(=O)NC(Cc1cnc[nH]1)C(=O)NC(C)C(=O)NC(CS)C(=O)O. The Morgan fingerprint density at radius 1 is 1.20 bits per heavy atom. The van der Waals surface area contributed by atoms with E-state index >= 15 is 0 Å². The highest BCUT2D eigenvalue weighted by molar-refractivity contribution is 7.98. The smallest absolute Gasteiger partial charge is 0.327 e. The number of aliphatic carboxylic acids is 1. The van der Waals surface area contributed by atoms with Crippen LogP contribution in [0.1, 0.15) is 19.0 Å². The van der Waals surface area contributed by atoms with Crippen molar-refractivity contribution in [2.24, 2.45) is 5.73 Å². The number of H-pyrrole nitrogens is 1. The molecular formula is C17H28N6O5S2. The zero-order valence-electron chi connectivity index (χ0n) is 16.8. The minimum atomic E-state index is -1.24. The molecule has 1 aromatic rings. The molecule has 11 nitrogen and oxygen atoms in total. The molecule has 0 aliphatic heterocycles. The molecule has 30 heavy (non-hydrogen) atoms. The number of carboxylic acid groups (broad SMARTS) is 1. The summed E-state index contributed by atoms with van der Waals surface area (Å²) < 4.78 is 0. The molecule has 0 saturated heterocycles. The van der Waals surface area contributed by atoms with Crippen molar-refractivity contribution in [1.82, 2.24) is 25.9 Å². The van der Waals surface area contributed by atoms with Gasteiger partial charge in [0.15, 0.2) is 0 Å². The maximum Gasteiger partial charge on any atom is 0.327 e. The van der Waals surface area contributed by atoms with Gasteiger partial charge in [0.1, 0.15) is 18.1 Å². The van der Waals surface area contributed by atoms with Gasteiger partial charge in [0.25, 0.3) is 0 Å². The summed E-state index contributed by atoms with van der Waals surface area (Å²) in [6, 6.07) is -4.00. The molecule has 0 saturated carbocycles. The van der Waals surface area contributed by atoms with Gasteiger partial charge >= 0.3 is 5.97 Å². The summed E-state index contributed by atoms with van der Waals surface area (Å²) >= 11 is 5.43. The molecule has 3 amide bonds. The molecular weight excluding hydrogens is 432 g/mol. The first kappa shape index (κ1) is 25.8. The van der Waals surface area contributed by atoms with E-state index in [9.17, 15) is 19.2 Å². The number of amides is 3. The van der Waals surface area contributed by atoms with Gasteiger partial charge in [-0.1, -0.05) is 0 Å². The van der Waals surface area contributed by atoms with Crippen LogP contribution in [-0.2, 0) is 25.6 Å². The molecule has 0 aliphatic rings. The largest absolute Gasteiger partial charge is 0.480 e. The van der Waals surface area contributed by atoms with Crippen LogP contribution in [-0.4, -0.2) is 80.7 Å². The van der Waals surface area contributed by atoms with Gasteiger partial charge in [-0.3, -0.25) is 14.4 Å². The van der Waals surface area contributed by atoms with Gasteiger partial charge < -0.3 is 31.8 Å². The van der Waals surface area contributed by atoms with E-state index in [4.69, 9.17) is 10.8 Å². The van der Waals surface area contributed by atoms with Crippen molar-refractivity contribution in [3.63, 3.8) is 0 Å². The van der Waals surface area contributed by atoms with Crippen LogP contribution in [0.25, 0.3) is 0 Å². The maximum atomic E-state index is 12.7. The topological polar surface area (TPSA) is 179 Å². The number of rotatable bonds is 13. The normalized spacial score (nSPS) is 14.8. The van der Waals surface area contributed by atoms with Crippen molar-refractivity contribution >= 4 is 48.1 Å². The van der Waals surface area contributed by atoms with Crippen LogP contribution in [0.3, 0.4) is 0 Å². The third kappa shape index (κ3) is 8.63. The summed E-state index contributed by atoms with van der Waals surface area (Å²) in [6.07, 6.45) is 5.41. The number of carbonyl (C=O) groups is 4. The Hall–Kier alpha value is -2.25. The highest BCUT2D eigenvalue weighted by Gasteiger charge is 2.28. The Morgan fingerprint density at radius 2 is 1.87 bits per heavy atom. The maximum absolute atomic E-state index is 12.7. The molecule has 0 bridgehead atoms. The average molecular weight is 461 g/mol. The van der Waals surface area contributed by atoms with E-state index in [1.54, 1.807) is 11.8 Å². The predicted octanol–water partition coefficient (Wildman–Crippen LogP) is -1.48. The van der Waals surface area contributed by atoms with Crippen LogP contribution in [0, 0.1) is 0 Å². The summed E-state index contributed by atoms with van der Waals surface area (Å²) in [7, 11) is 0. The zero-order valence-corrected chi connectivity index (χ0v) is 18.5. The Bertz CT molecular complexity index is 718. The van der Waals surface area contributed by atoms with E-state index in [0.29, 0.717) is 17.9 Å². The van der Waals surface area contributed by atoms with E-state index in [2.05, 4.69) is 38.5 Å². The third-order valence-corrected chi connectivity index (χ3v) is 5.14. The number of aromatic amines is 1. The summed E-state index contributed by atoms with van der Waals surface area (Å²) in [6.45, 7) is 1.41. The van der Waals surface area contributed by atoms with E-state index < -0.39 is 47.9 Å². The molecule has 168 valence electrons. The number of hydrogen-bond acceptors (Lipinski definition) is 8. The van der Waals surface area contributed by atoms with Crippen molar-refractivity contribution in [3.8, 4) is 0 Å². The zero-order chi connectivity index (χ0) is 22.7. The van der Waals surface area contributed by atoms with Crippen molar-refractivity contribution in [2.75, 3.05) is 17.8 Å². The first-order chi connectivity index (χ1) is 14.2. The average Bonchev–Trinajstić information content (AvgIpc) is 3.21.